The van der Waals surface area contributed by atoms with Gasteiger partial charge in [0.2, 0.25) is 0 Å². The van der Waals surface area contributed by atoms with Crippen molar-refractivity contribution in [3.8, 4) is 0 Å². The van der Waals surface area contributed by atoms with Crippen LogP contribution in [0, 0.1) is 32.6 Å². The molecule has 1 saturated heterocycles. The van der Waals surface area contributed by atoms with Crippen molar-refractivity contribution in [3.63, 3.8) is 0 Å². The molecule has 126 valence electrons. The fourth-order valence-electron chi connectivity index (χ4n) is 4.90. The number of hydrogen-bond donors (Lipinski definition) is 1. The summed E-state index contributed by atoms with van der Waals surface area (Å²) in [5.41, 5.74) is 4.07. The number of rotatable bonds is 2. The molecule has 1 N–H and O–H groups in total. The second kappa shape index (κ2) is 4.99. The molecule has 3 nitrogen and oxygen atoms in total. The van der Waals surface area contributed by atoms with Crippen LogP contribution in [0.15, 0.2) is 28.9 Å². The molecule has 1 aliphatic carbocycles. The molecule has 1 aromatic carbocycles. The number of ether oxygens (including phenoxy) is 1. The van der Waals surface area contributed by atoms with E-state index in [1.807, 2.05) is 34.0 Å². The molecule has 1 aromatic rings. The standard InChI is InChI=1S/C20H22O3S/c1-9-6-10(2)14(11(3)7-9)16-18(21)15-12-8-13(24-5)20(4,23-12)17(15)19(16)22/h6-8,12,15,17,22H,1-5H3/t12-,15+,17-,20+/m0/s1. The quantitative estimate of drug-likeness (QED) is 0.878. The highest BCUT2D eigenvalue weighted by atomic mass is 32.2. The van der Waals surface area contributed by atoms with Crippen molar-refractivity contribution in [3.05, 3.63) is 51.1 Å². The van der Waals surface area contributed by atoms with E-state index in [-0.39, 0.29) is 29.5 Å². The first-order valence-electron chi connectivity index (χ1n) is 8.29. The third-order valence-corrected chi connectivity index (χ3v) is 6.72. The van der Waals surface area contributed by atoms with E-state index in [4.69, 9.17) is 4.74 Å². The maximum Gasteiger partial charge on any atom is 0.173 e. The Labute approximate surface area is 146 Å². The molecule has 2 bridgehead atoms. The van der Waals surface area contributed by atoms with Crippen molar-refractivity contribution in [1.82, 2.24) is 0 Å². The molecule has 4 heteroatoms. The zero-order chi connectivity index (χ0) is 17.4. The van der Waals surface area contributed by atoms with Crippen molar-refractivity contribution in [1.29, 1.82) is 0 Å². The number of ketones is 1. The van der Waals surface area contributed by atoms with E-state index in [0.717, 1.165) is 21.6 Å². The third kappa shape index (κ3) is 1.81. The fourth-order valence-corrected chi connectivity index (χ4v) is 5.75. The topological polar surface area (TPSA) is 46.5 Å². The van der Waals surface area contributed by atoms with Crippen molar-refractivity contribution in [2.45, 2.75) is 39.4 Å². The average molecular weight is 342 g/mol. The average Bonchev–Trinajstić information content (AvgIpc) is 3.07. The van der Waals surface area contributed by atoms with Gasteiger partial charge in [0, 0.05) is 4.91 Å². The normalized spacial score (nSPS) is 34.1. The summed E-state index contributed by atoms with van der Waals surface area (Å²) in [4.78, 5) is 14.3. The van der Waals surface area contributed by atoms with Gasteiger partial charge < -0.3 is 9.84 Å². The molecular weight excluding hydrogens is 320 g/mol. The number of hydrogen-bond acceptors (Lipinski definition) is 4. The molecule has 4 atom stereocenters. The molecule has 0 amide bonds. The van der Waals surface area contributed by atoms with Crippen molar-refractivity contribution in [2.24, 2.45) is 11.8 Å². The molecule has 3 aliphatic rings. The van der Waals surface area contributed by atoms with Crippen LogP contribution < -0.4 is 0 Å². The predicted molar refractivity (Wildman–Crippen MR) is 97.1 cm³/mol. The van der Waals surface area contributed by atoms with E-state index in [2.05, 4.69) is 18.2 Å². The van der Waals surface area contributed by atoms with Crippen LogP contribution in [0.25, 0.3) is 5.57 Å². The number of carbonyl (C=O) groups is 1. The van der Waals surface area contributed by atoms with E-state index in [9.17, 15) is 9.90 Å². The maximum absolute atomic E-state index is 13.2. The smallest absolute Gasteiger partial charge is 0.173 e. The second-order valence-electron chi connectivity index (χ2n) is 7.33. The van der Waals surface area contributed by atoms with Gasteiger partial charge in [0.25, 0.3) is 0 Å². The summed E-state index contributed by atoms with van der Waals surface area (Å²) in [6, 6.07) is 4.14. The summed E-state index contributed by atoms with van der Waals surface area (Å²) in [7, 11) is 0. The lowest BCUT2D eigenvalue weighted by Crippen LogP contribution is -2.36. The SMILES string of the molecule is CSC1=C[C@@H]2O[C@@]1(C)[C@@H]1C(O)=C(c3c(C)cc(C)cc3C)C(=O)[C@H]21. The van der Waals surface area contributed by atoms with Gasteiger partial charge in [-0.15, -0.1) is 11.8 Å². The van der Waals surface area contributed by atoms with Crippen molar-refractivity contribution >= 4 is 23.1 Å². The van der Waals surface area contributed by atoms with Gasteiger partial charge in [-0.2, -0.15) is 0 Å². The Morgan fingerprint density at radius 1 is 1.21 bits per heavy atom. The van der Waals surface area contributed by atoms with E-state index in [0.29, 0.717) is 5.57 Å². The number of benzene rings is 1. The number of aryl methyl sites for hydroxylation is 3. The number of aliphatic hydroxyl groups is 1. The van der Waals surface area contributed by atoms with Gasteiger partial charge >= 0.3 is 0 Å². The Hall–Kier alpha value is -1.52. The number of thioether (sulfide) groups is 1. The van der Waals surface area contributed by atoms with Gasteiger partial charge in [-0.25, -0.2) is 0 Å². The minimum absolute atomic E-state index is 0.0256. The molecule has 4 rings (SSSR count). The predicted octanol–water partition coefficient (Wildman–Crippen LogP) is 4.11. The summed E-state index contributed by atoms with van der Waals surface area (Å²) >= 11 is 1.64. The Kier molecular flexibility index (Phi) is 3.32. The van der Waals surface area contributed by atoms with Gasteiger partial charge in [-0.05, 0) is 56.7 Å². The highest BCUT2D eigenvalue weighted by Gasteiger charge is 2.65. The lowest BCUT2D eigenvalue weighted by Gasteiger charge is -2.30. The van der Waals surface area contributed by atoms with Gasteiger partial charge in [-0.3, -0.25) is 4.79 Å². The molecule has 0 unspecified atom stereocenters. The summed E-state index contributed by atoms with van der Waals surface area (Å²) in [5, 5.41) is 11.0. The van der Waals surface area contributed by atoms with Crippen LogP contribution in [0.5, 0.6) is 0 Å². The number of Topliss-reactive ketones (excluding diaryl/α,β-unsaturated/α-hetero) is 1. The van der Waals surface area contributed by atoms with Gasteiger partial charge in [0.1, 0.15) is 11.4 Å². The maximum atomic E-state index is 13.2. The lowest BCUT2D eigenvalue weighted by molar-refractivity contribution is -0.118. The first kappa shape index (κ1) is 16.0. The van der Waals surface area contributed by atoms with E-state index < -0.39 is 5.60 Å². The van der Waals surface area contributed by atoms with Crippen LogP contribution in [0.3, 0.4) is 0 Å². The first-order valence-corrected chi connectivity index (χ1v) is 9.51. The van der Waals surface area contributed by atoms with Crippen molar-refractivity contribution < 1.29 is 14.6 Å². The van der Waals surface area contributed by atoms with Gasteiger partial charge in [0.05, 0.1) is 23.5 Å². The van der Waals surface area contributed by atoms with Crippen LogP contribution in [-0.2, 0) is 9.53 Å². The number of aliphatic hydroxyl groups excluding tert-OH is 1. The molecule has 1 fully saturated rings. The zero-order valence-corrected chi connectivity index (χ0v) is 15.5. The molecule has 0 spiro atoms. The molecule has 0 saturated carbocycles. The first-order chi connectivity index (χ1) is 11.3. The summed E-state index contributed by atoms with van der Waals surface area (Å²) in [5.74, 6) is -0.319. The van der Waals surface area contributed by atoms with Crippen LogP contribution in [0.4, 0.5) is 0 Å². The third-order valence-electron chi connectivity index (χ3n) is 5.74. The Bertz CT molecular complexity index is 812. The van der Waals surface area contributed by atoms with Gasteiger partial charge in [0.15, 0.2) is 5.78 Å². The van der Waals surface area contributed by atoms with Crippen molar-refractivity contribution in [2.75, 3.05) is 6.26 Å². The Balaban J connectivity index is 1.89. The number of carbonyl (C=O) groups excluding carboxylic acids is 1. The molecule has 0 radical (unpaired) electrons. The zero-order valence-electron chi connectivity index (χ0n) is 14.6. The van der Waals surface area contributed by atoms with E-state index in [1.54, 1.807) is 11.8 Å². The molecule has 2 heterocycles. The van der Waals surface area contributed by atoms with E-state index in [1.165, 1.54) is 5.56 Å². The molecule has 24 heavy (non-hydrogen) atoms. The lowest BCUT2D eigenvalue weighted by atomic mass is 9.77. The molecular formula is C20H22O3S. The van der Waals surface area contributed by atoms with Crippen LogP contribution in [-0.4, -0.2) is 28.9 Å². The minimum Gasteiger partial charge on any atom is -0.511 e. The fraction of sp³-hybridized carbons (Fsp3) is 0.450. The summed E-state index contributed by atoms with van der Waals surface area (Å²) < 4.78 is 6.11. The Morgan fingerprint density at radius 2 is 1.83 bits per heavy atom. The summed E-state index contributed by atoms with van der Waals surface area (Å²) in [6.07, 6.45) is 3.86. The van der Waals surface area contributed by atoms with Gasteiger partial charge in [-0.1, -0.05) is 17.7 Å². The highest BCUT2D eigenvalue weighted by molar-refractivity contribution is 8.02. The van der Waals surface area contributed by atoms with Crippen LogP contribution in [0.2, 0.25) is 0 Å². The summed E-state index contributed by atoms with van der Waals surface area (Å²) in [6.45, 7) is 8.07. The Morgan fingerprint density at radius 3 is 2.42 bits per heavy atom. The van der Waals surface area contributed by atoms with Crippen LogP contribution >= 0.6 is 11.8 Å². The number of allylic oxidation sites excluding steroid dienone is 1. The molecule has 0 aromatic heterocycles. The van der Waals surface area contributed by atoms with Crippen LogP contribution in [0.1, 0.15) is 29.2 Å². The monoisotopic (exact) mass is 342 g/mol. The highest BCUT2D eigenvalue weighted by Crippen LogP contribution is 2.60. The van der Waals surface area contributed by atoms with E-state index >= 15 is 0 Å². The second-order valence-corrected chi connectivity index (χ2v) is 8.17. The molecule has 2 aliphatic heterocycles. The number of fused-ring (bicyclic) bond motifs is 5. The minimum atomic E-state index is -0.581. The largest absolute Gasteiger partial charge is 0.511 e.